The summed E-state index contributed by atoms with van der Waals surface area (Å²) in [5, 5.41) is 1.75. The molecule has 0 saturated heterocycles. The summed E-state index contributed by atoms with van der Waals surface area (Å²) in [7, 11) is 0. The number of rotatable bonds is 2. The van der Waals surface area contributed by atoms with Crippen LogP contribution in [-0.2, 0) is 0 Å². The van der Waals surface area contributed by atoms with Gasteiger partial charge in [0, 0.05) is 11.1 Å². The Morgan fingerprint density at radius 2 is 1.11 bits per heavy atom. The first-order chi connectivity index (χ1) is 17.2. The first-order valence-corrected chi connectivity index (χ1v) is 11.3. The van der Waals surface area contributed by atoms with Gasteiger partial charge in [-0.25, -0.2) is 14.0 Å². The lowest BCUT2D eigenvalue weighted by Gasteiger charge is -2.15. The Hall–Kier alpha value is -4.97. The number of hydrogen-bond donors (Lipinski definition) is 0. The number of para-hydroxylation sites is 4. The number of benzene rings is 4. The van der Waals surface area contributed by atoms with Crippen molar-refractivity contribution in [2.75, 3.05) is 0 Å². The van der Waals surface area contributed by atoms with Gasteiger partial charge in [0.2, 0.25) is 5.78 Å². The minimum Gasteiger partial charge on any atom is -0.295 e. The highest BCUT2D eigenvalue weighted by atomic mass is 16.1. The van der Waals surface area contributed by atoms with Crippen LogP contribution in [0, 0.1) is 0 Å². The van der Waals surface area contributed by atoms with Gasteiger partial charge in [0.05, 0.1) is 27.5 Å². The molecule has 0 amide bonds. The van der Waals surface area contributed by atoms with Crippen molar-refractivity contribution < 1.29 is 0 Å². The Bertz CT molecular complexity index is 2040. The normalized spacial score (nSPS) is 11.7. The molecular formula is C29H18N4O2. The van der Waals surface area contributed by atoms with E-state index in [2.05, 4.69) is 0 Å². The molecule has 4 aromatic carbocycles. The lowest BCUT2D eigenvalue weighted by Crippen LogP contribution is -2.28. The van der Waals surface area contributed by atoms with Crippen LogP contribution >= 0.6 is 0 Å². The molecular weight excluding hydrogens is 436 g/mol. The van der Waals surface area contributed by atoms with Crippen LogP contribution in [-0.4, -0.2) is 18.5 Å². The van der Waals surface area contributed by atoms with E-state index < -0.39 is 0 Å². The molecule has 7 aromatic rings. The minimum absolute atomic E-state index is 0.222. The van der Waals surface area contributed by atoms with Gasteiger partial charge in [-0.2, -0.15) is 0 Å². The second-order valence-corrected chi connectivity index (χ2v) is 8.43. The van der Waals surface area contributed by atoms with E-state index in [4.69, 9.17) is 4.98 Å². The van der Waals surface area contributed by atoms with Gasteiger partial charge in [0.1, 0.15) is 5.65 Å². The summed E-state index contributed by atoms with van der Waals surface area (Å²) < 4.78 is 5.10. The fourth-order valence-corrected chi connectivity index (χ4v) is 4.96. The Labute approximate surface area is 198 Å². The van der Waals surface area contributed by atoms with Gasteiger partial charge in [-0.05, 0) is 42.5 Å². The Balaban J connectivity index is 1.86. The van der Waals surface area contributed by atoms with E-state index in [-0.39, 0.29) is 16.9 Å². The van der Waals surface area contributed by atoms with E-state index in [1.165, 1.54) is 4.57 Å². The van der Waals surface area contributed by atoms with E-state index in [0.29, 0.717) is 27.6 Å². The van der Waals surface area contributed by atoms with E-state index in [1.807, 2.05) is 102 Å². The smallest absolute Gasteiger partial charge is 0.269 e. The number of aromatic nitrogens is 4. The van der Waals surface area contributed by atoms with Crippen molar-refractivity contribution in [1.82, 2.24) is 18.5 Å². The molecule has 0 fully saturated rings. The average molecular weight is 454 g/mol. The van der Waals surface area contributed by atoms with Crippen molar-refractivity contribution >= 4 is 38.6 Å². The zero-order valence-electron chi connectivity index (χ0n) is 18.5. The largest absolute Gasteiger partial charge is 0.295 e. The summed E-state index contributed by atoms with van der Waals surface area (Å²) >= 11 is 0. The van der Waals surface area contributed by atoms with Gasteiger partial charge >= 0.3 is 0 Å². The zero-order chi connectivity index (χ0) is 23.5. The van der Waals surface area contributed by atoms with Crippen LogP contribution in [0.5, 0.6) is 0 Å². The maximum Gasteiger partial charge on any atom is 0.269 e. The number of fused-ring (bicyclic) bond motifs is 6. The molecule has 3 heterocycles. The molecule has 0 saturated carbocycles. The van der Waals surface area contributed by atoms with Crippen LogP contribution in [0.3, 0.4) is 0 Å². The van der Waals surface area contributed by atoms with E-state index >= 15 is 0 Å². The molecule has 6 heteroatoms. The van der Waals surface area contributed by atoms with E-state index in [0.717, 1.165) is 16.6 Å². The molecule has 166 valence electrons. The quantitative estimate of drug-likeness (QED) is 0.342. The molecule has 0 aliphatic rings. The van der Waals surface area contributed by atoms with Crippen molar-refractivity contribution in [1.29, 1.82) is 0 Å². The zero-order valence-corrected chi connectivity index (χ0v) is 18.5. The topological polar surface area (TPSA) is 61.3 Å². The summed E-state index contributed by atoms with van der Waals surface area (Å²) in [4.78, 5) is 33.1. The van der Waals surface area contributed by atoms with E-state index in [9.17, 15) is 9.59 Å². The fourth-order valence-electron chi connectivity index (χ4n) is 4.96. The molecule has 0 atom stereocenters. The second kappa shape index (κ2) is 7.27. The maximum atomic E-state index is 14.2. The molecule has 0 unspecified atom stereocenters. The molecule has 0 bridgehead atoms. The third kappa shape index (κ3) is 2.68. The van der Waals surface area contributed by atoms with Crippen LogP contribution in [0.25, 0.3) is 50.0 Å². The maximum absolute atomic E-state index is 14.2. The van der Waals surface area contributed by atoms with Crippen LogP contribution in [0.2, 0.25) is 0 Å². The SMILES string of the molecule is O=c1c2c3ccccc3n(-c3ccccc3)c2n2c(=O)c3ccccc3nc2n1-c1ccccc1. The molecule has 7 rings (SSSR count). The van der Waals surface area contributed by atoms with Gasteiger partial charge < -0.3 is 0 Å². The summed E-state index contributed by atoms with van der Waals surface area (Å²) in [6.07, 6.45) is 0. The van der Waals surface area contributed by atoms with Gasteiger partial charge in [-0.1, -0.05) is 66.7 Å². The van der Waals surface area contributed by atoms with E-state index in [1.54, 1.807) is 16.5 Å². The van der Waals surface area contributed by atoms with Crippen molar-refractivity contribution in [3.8, 4) is 11.4 Å². The Morgan fingerprint density at radius 1 is 0.543 bits per heavy atom. The highest BCUT2D eigenvalue weighted by Crippen LogP contribution is 2.30. The van der Waals surface area contributed by atoms with Gasteiger partial charge in [0.25, 0.3) is 11.1 Å². The average Bonchev–Trinajstić information content (AvgIpc) is 3.25. The van der Waals surface area contributed by atoms with Gasteiger partial charge in [-0.3, -0.25) is 14.2 Å². The summed E-state index contributed by atoms with van der Waals surface area (Å²) in [5.41, 5.74) is 2.96. The first kappa shape index (κ1) is 19.5. The van der Waals surface area contributed by atoms with Crippen LogP contribution in [0.1, 0.15) is 0 Å². The highest BCUT2D eigenvalue weighted by molar-refractivity contribution is 6.08. The predicted octanol–water partition coefficient (Wildman–Crippen LogP) is 5.10. The minimum atomic E-state index is -0.223. The van der Waals surface area contributed by atoms with Crippen LogP contribution < -0.4 is 11.1 Å². The van der Waals surface area contributed by atoms with Gasteiger partial charge in [-0.15, -0.1) is 0 Å². The molecule has 0 radical (unpaired) electrons. The number of nitrogens with zero attached hydrogens (tertiary/aromatic N) is 4. The lowest BCUT2D eigenvalue weighted by atomic mass is 10.2. The molecule has 0 spiro atoms. The standard InChI is InChI=1S/C29H18N4O2/c34-27-21-15-7-9-17-23(21)30-29-32(20-13-5-2-6-14-20)28(35)25-22-16-8-10-18-24(22)31(26(25)33(27)29)19-11-3-1-4-12-19/h1-18H. The summed E-state index contributed by atoms with van der Waals surface area (Å²) in [6.45, 7) is 0. The Morgan fingerprint density at radius 3 is 1.83 bits per heavy atom. The molecule has 0 aliphatic carbocycles. The lowest BCUT2D eigenvalue weighted by molar-refractivity contribution is 0.925. The van der Waals surface area contributed by atoms with Gasteiger partial charge in [0.15, 0.2) is 0 Å². The van der Waals surface area contributed by atoms with Crippen LogP contribution in [0.4, 0.5) is 0 Å². The van der Waals surface area contributed by atoms with Crippen molar-refractivity contribution in [2.45, 2.75) is 0 Å². The molecule has 6 nitrogen and oxygen atoms in total. The third-order valence-corrected chi connectivity index (χ3v) is 6.47. The first-order valence-electron chi connectivity index (χ1n) is 11.3. The Kier molecular flexibility index (Phi) is 4.05. The summed E-state index contributed by atoms with van der Waals surface area (Å²) in [5.74, 6) is 0.275. The highest BCUT2D eigenvalue weighted by Gasteiger charge is 2.23. The van der Waals surface area contributed by atoms with Crippen molar-refractivity contribution in [3.63, 3.8) is 0 Å². The molecule has 0 N–H and O–H groups in total. The molecule has 3 aromatic heterocycles. The third-order valence-electron chi connectivity index (χ3n) is 6.47. The molecule has 35 heavy (non-hydrogen) atoms. The van der Waals surface area contributed by atoms with Crippen molar-refractivity contribution in [2.24, 2.45) is 0 Å². The van der Waals surface area contributed by atoms with Crippen LogP contribution in [0.15, 0.2) is 119 Å². The molecule has 0 aliphatic heterocycles. The monoisotopic (exact) mass is 454 g/mol. The second-order valence-electron chi connectivity index (χ2n) is 8.43. The van der Waals surface area contributed by atoms with Crippen molar-refractivity contribution in [3.05, 3.63) is 130 Å². The number of hydrogen-bond acceptors (Lipinski definition) is 3. The fraction of sp³-hybridized carbons (Fsp3) is 0. The predicted molar refractivity (Wildman–Crippen MR) is 139 cm³/mol. The summed E-state index contributed by atoms with van der Waals surface area (Å²) in [6, 6.07) is 34.1.